The van der Waals surface area contributed by atoms with Crippen molar-refractivity contribution in [2.45, 2.75) is 19.8 Å². The number of unbranched alkanes of at least 4 members (excludes halogenated alkanes) is 1. The third-order valence-corrected chi connectivity index (χ3v) is 2.72. The van der Waals surface area contributed by atoms with Crippen molar-refractivity contribution in [3.8, 4) is 0 Å². The van der Waals surface area contributed by atoms with Gasteiger partial charge in [0.2, 0.25) is 0 Å². The number of nitro groups is 1. The van der Waals surface area contributed by atoms with E-state index in [4.69, 9.17) is 9.84 Å². The fourth-order valence-corrected chi connectivity index (χ4v) is 1.62. The van der Waals surface area contributed by atoms with E-state index in [-0.39, 0.29) is 12.2 Å². The summed E-state index contributed by atoms with van der Waals surface area (Å²) in [7, 11) is 0. The van der Waals surface area contributed by atoms with Gasteiger partial charge in [0, 0.05) is 25.3 Å². The van der Waals surface area contributed by atoms with Crippen LogP contribution in [0, 0.1) is 15.9 Å². The van der Waals surface area contributed by atoms with Crippen molar-refractivity contribution in [2.75, 3.05) is 25.1 Å². The van der Waals surface area contributed by atoms with E-state index in [0.29, 0.717) is 19.3 Å². The number of aromatic carboxylic acids is 1. The topological polar surface area (TPSA) is 102 Å². The van der Waals surface area contributed by atoms with E-state index < -0.39 is 28.0 Å². The quantitative estimate of drug-likeness (QED) is 0.413. The molecule has 0 radical (unpaired) electrons. The molecule has 0 saturated heterocycles. The van der Waals surface area contributed by atoms with E-state index in [1.807, 2.05) is 6.92 Å². The molecule has 0 atom stereocenters. The van der Waals surface area contributed by atoms with Gasteiger partial charge in [-0.05, 0) is 6.42 Å². The molecule has 0 aliphatic heterocycles. The van der Waals surface area contributed by atoms with Gasteiger partial charge in [-0.3, -0.25) is 10.1 Å². The van der Waals surface area contributed by atoms with Crippen LogP contribution < -0.4 is 5.32 Å². The van der Waals surface area contributed by atoms with Crippen LogP contribution in [0.25, 0.3) is 0 Å². The molecule has 116 valence electrons. The number of carboxylic acids is 1. The number of rotatable bonds is 9. The predicted molar refractivity (Wildman–Crippen MR) is 74.2 cm³/mol. The molecule has 8 heteroatoms. The fraction of sp³-hybridized carbons (Fsp3) is 0.462. The van der Waals surface area contributed by atoms with Crippen LogP contribution in [0.2, 0.25) is 0 Å². The van der Waals surface area contributed by atoms with Crippen LogP contribution in [-0.2, 0) is 4.74 Å². The first-order valence-corrected chi connectivity index (χ1v) is 6.50. The zero-order chi connectivity index (χ0) is 15.8. The Hall–Kier alpha value is -2.22. The Kier molecular flexibility index (Phi) is 6.54. The zero-order valence-electron chi connectivity index (χ0n) is 11.6. The van der Waals surface area contributed by atoms with Gasteiger partial charge >= 0.3 is 5.97 Å². The second-order valence-corrected chi connectivity index (χ2v) is 4.30. The van der Waals surface area contributed by atoms with Crippen LogP contribution >= 0.6 is 0 Å². The molecule has 0 aliphatic rings. The lowest BCUT2D eigenvalue weighted by Gasteiger charge is -2.09. The third kappa shape index (κ3) is 4.99. The van der Waals surface area contributed by atoms with E-state index in [1.54, 1.807) is 0 Å². The fourth-order valence-electron chi connectivity index (χ4n) is 1.62. The average molecular weight is 300 g/mol. The summed E-state index contributed by atoms with van der Waals surface area (Å²) < 4.78 is 18.8. The molecule has 0 saturated carbocycles. The summed E-state index contributed by atoms with van der Waals surface area (Å²) in [6, 6.07) is 1.52. The number of halogens is 1. The number of hydrogen-bond acceptors (Lipinski definition) is 5. The minimum absolute atomic E-state index is 0.0680. The number of nitrogens with one attached hydrogen (secondary N) is 1. The highest BCUT2D eigenvalue weighted by atomic mass is 19.1. The molecule has 0 aromatic heterocycles. The van der Waals surface area contributed by atoms with Crippen LogP contribution in [0.15, 0.2) is 12.1 Å². The van der Waals surface area contributed by atoms with Gasteiger partial charge in [0.15, 0.2) is 0 Å². The number of benzene rings is 1. The first-order valence-electron chi connectivity index (χ1n) is 6.50. The highest BCUT2D eigenvalue weighted by Crippen LogP contribution is 2.27. The number of hydrogen-bond donors (Lipinski definition) is 2. The summed E-state index contributed by atoms with van der Waals surface area (Å²) in [5.74, 6) is -2.58. The van der Waals surface area contributed by atoms with Crippen molar-refractivity contribution in [1.29, 1.82) is 0 Å². The molecule has 0 heterocycles. The number of nitro benzene ring substituents is 1. The van der Waals surface area contributed by atoms with Crippen molar-refractivity contribution < 1.29 is 24.0 Å². The van der Waals surface area contributed by atoms with Gasteiger partial charge in [-0.1, -0.05) is 13.3 Å². The Morgan fingerprint density at radius 1 is 1.48 bits per heavy atom. The maximum atomic E-state index is 13.5. The van der Waals surface area contributed by atoms with Crippen LogP contribution in [0.1, 0.15) is 30.1 Å². The lowest BCUT2D eigenvalue weighted by molar-refractivity contribution is -0.384. The molecule has 0 aliphatic carbocycles. The van der Waals surface area contributed by atoms with Crippen molar-refractivity contribution >= 4 is 17.3 Å². The summed E-state index contributed by atoms with van der Waals surface area (Å²) in [6.45, 7) is 3.19. The number of carboxylic acid groups (broad SMARTS) is 1. The molecule has 1 aromatic rings. The lowest BCUT2D eigenvalue weighted by Crippen LogP contribution is -2.12. The smallest absolute Gasteiger partial charge is 0.338 e. The van der Waals surface area contributed by atoms with E-state index in [9.17, 15) is 19.3 Å². The molecular weight excluding hydrogens is 283 g/mol. The largest absolute Gasteiger partial charge is 0.478 e. The van der Waals surface area contributed by atoms with Crippen LogP contribution in [0.4, 0.5) is 15.8 Å². The lowest BCUT2D eigenvalue weighted by atomic mass is 10.1. The minimum Gasteiger partial charge on any atom is -0.478 e. The third-order valence-electron chi connectivity index (χ3n) is 2.72. The van der Waals surface area contributed by atoms with Gasteiger partial charge < -0.3 is 15.2 Å². The molecule has 0 fully saturated rings. The van der Waals surface area contributed by atoms with Crippen molar-refractivity contribution in [3.63, 3.8) is 0 Å². The summed E-state index contributed by atoms with van der Waals surface area (Å²) >= 11 is 0. The molecule has 0 unspecified atom stereocenters. The van der Waals surface area contributed by atoms with E-state index >= 15 is 0 Å². The normalized spacial score (nSPS) is 10.4. The Morgan fingerprint density at radius 2 is 2.19 bits per heavy atom. The van der Waals surface area contributed by atoms with Gasteiger partial charge in [-0.25, -0.2) is 9.18 Å². The molecule has 0 amide bonds. The first-order chi connectivity index (χ1) is 9.97. The zero-order valence-corrected chi connectivity index (χ0v) is 11.6. The molecule has 1 rings (SSSR count). The highest BCUT2D eigenvalue weighted by Gasteiger charge is 2.21. The van der Waals surface area contributed by atoms with E-state index in [1.165, 1.54) is 0 Å². The SMILES string of the molecule is CCCCOCCNc1cc(F)c(C(=O)O)cc1[N+](=O)[O-]. The molecule has 1 aromatic carbocycles. The Balaban J connectivity index is 2.74. The van der Waals surface area contributed by atoms with Gasteiger partial charge in [0.05, 0.1) is 11.5 Å². The Labute approximate surface area is 120 Å². The second-order valence-electron chi connectivity index (χ2n) is 4.30. The van der Waals surface area contributed by atoms with Crippen molar-refractivity contribution in [1.82, 2.24) is 0 Å². The number of ether oxygens (including phenoxy) is 1. The van der Waals surface area contributed by atoms with Gasteiger partial charge in [0.25, 0.3) is 5.69 Å². The van der Waals surface area contributed by atoms with Crippen LogP contribution in [0.5, 0.6) is 0 Å². The number of carbonyl (C=O) groups is 1. The summed E-state index contributed by atoms with van der Waals surface area (Å²) in [5.41, 5.74) is -1.28. The van der Waals surface area contributed by atoms with Crippen LogP contribution in [-0.4, -0.2) is 35.8 Å². The summed E-state index contributed by atoms with van der Waals surface area (Å²) in [4.78, 5) is 20.9. The monoisotopic (exact) mass is 300 g/mol. The molecule has 2 N–H and O–H groups in total. The van der Waals surface area contributed by atoms with Crippen molar-refractivity contribution in [3.05, 3.63) is 33.6 Å². The molecule has 7 nitrogen and oxygen atoms in total. The van der Waals surface area contributed by atoms with E-state index in [0.717, 1.165) is 18.9 Å². The number of anilines is 1. The molecule has 0 spiro atoms. The second kappa shape index (κ2) is 8.15. The van der Waals surface area contributed by atoms with Crippen molar-refractivity contribution in [2.24, 2.45) is 0 Å². The average Bonchev–Trinajstić information content (AvgIpc) is 2.42. The predicted octanol–water partition coefficient (Wildman–Crippen LogP) is 2.66. The molecule has 0 bridgehead atoms. The van der Waals surface area contributed by atoms with Gasteiger partial charge in [0.1, 0.15) is 17.1 Å². The summed E-state index contributed by atoms with van der Waals surface area (Å²) in [5, 5.41) is 22.3. The summed E-state index contributed by atoms with van der Waals surface area (Å²) in [6.07, 6.45) is 1.92. The van der Waals surface area contributed by atoms with Gasteiger partial charge in [-0.2, -0.15) is 0 Å². The number of nitrogens with zero attached hydrogens (tertiary/aromatic N) is 1. The first kappa shape index (κ1) is 16.8. The maximum Gasteiger partial charge on any atom is 0.338 e. The standard InChI is InChI=1S/C13H17FN2O5/c1-2-3-5-21-6-4-15-11-8-10(14)9(13(17)18)7-12(11)16(19)20/h7-8,15H,2-6H2,1H3,(H,17,18). The minimum atomic E-state index is -1.55. The van der Waals surface area contributed by atoms with E-state index in [2.05, 4.69) is 5.32 Å². The highest BCUT2D eigenvalue weighted by molar-refractivity contribution is 5.90. The Bertz CT molecular complexity index is 522. The van der Waals surface area contributed by atoms with Crippen LogP contribution in [0.3, 0.4) is 0 Å². The Morgan fingerprint density at radius 3 is 2.76 bits per heavy atom. The molecule has 21 heavy (non-hydrogen) atoms. The van der Waals surface area contributed by atoms with Gasteiger partial charge in [-0.15, -0.1) is 0 Å². The molecular formula is C13H17FN2O5. The maximum absolute atomic E-state index is 13.5.